The van der Waals surface area contributed by atoms with Crippen LogP contribution in [0.2, 0.25) is 0 Å². The summed E-state index contributed by atoms with van der Waals surface area (Å²) in [4.78, 5) is 0. The molecule has 196 valence electrons. The van der Waals surface area contributed by atoms with Crippen LogP contribution in [0.15, 0.2) is 112 Å². The van der Waals surface area contributed by atoms with Crippen molar-refractivity contribution in [1.29, 1.82) is 0 Å². The van der Waals surface area contributed by atoms with Crippen LogP contribution in [0.5, 0.6) is 0 Å². The lowest BCUT2D eigenvalue weighted by Crippen LogP contribution is -2.41. The molecule has 2 aromatic carbocycles. The SMILES string of the molecule is CC1(C)OB(c2cccc3oc4ccc(C5C#CC6C=CC7=CC=CC8=CC=C(/C=C\5)C6C78)cc4c23)OC1(C)C. The van der Waals surface area contributed by atoms with E-state index in [0.717, 1.165) is 33.0 Å². The lowest BCUT2D eigenvalue weighted by molar-refractivity contribution is 0.00578. The molecule has 0 spiro atoms. The second kappa shape index (κ2) is 8.37. The fourth-order valence-corrected chi connectivity index (χ4v) is 6.82. The fourth-order valence-electron chi connectivity index (χ4n) is 6.82. The molecule has 3 aromatic rings. The third kappa shape index (κ3) is 3.48. The van der Waals surface area contributed by atoms with Crippen LogP contribution < -0.4 is 5.46 Å². The predicted octanol–water partition coefficient (Wildman–Crippen LogP) is 7.32. The zero-order valence-corrected chi connectivity index (χ0v) is 23.3. The van der Waals surface area contributed by atoms with Crippen molar-refractivity contribution in [1.82, 2.24) is 0 Å². The summed E-state index contributed by atoms with van der Waals surface area (Å²) in [6.07, 6.45) is 20.4. The molecular formula is C36H31BO3. The maximum Gasteiger partial charge on any atom is 0.495 e. The normalized spacial score (nSPS) is 29.6. The Morgan fingerprint density at radius 3 is 2.40 bits per heavy atom. The van der Waals surface area contributed by atoms with Gasteiger partial charge in [0.15, 0.2) is 0 Å². The highest BCUT2D eigenvalue weighted by atomic mass is 16.7. The highest BCUT2D eigenvalue weighted by molar-refractivity contribution is 6.66. The smallest absolute Gasteiger partial charge is 0.456 e. The first-order valence-electron chi connectivity index (χ1n) is 14.3. The molecule has 4 unspecified atom stereocenters. The number of furan rings is 1. The molecule has 8 rings (SSSR count). The Morgan fingerprint density at radius 1 is 0.775 bits per heavy atom. The van der Waals surface area contributed by atoms with Crippen molar-refractivity contribution in [3.8, 4) is 11.8 Å². The lowest BCUT2D eigenvalue weighted by Gasteiger charge is -2.40. The summed E-state index contributed by atoms with van der Waals surface area (Å²) in [6, 6.07) is 12.6. The van der Waals surface area contributed by atoms with Gasteiger partial charge < -0.3 is 13.7 Å². The van der Waals surface area contributed by atoms with Crippen molar-refractivity contribution >= 4 is 34.5 Å². The zero-order valence-electron chi connectivity index (χ0n) is 23.3. The lowest BCUT2D eigenvalue weighted by atomic mass is 9.63. The van der Waals surface area contributed by atoms with Gasteiger partial charge in [-0.05, 0) is 73.6 Å². The summed E-state index contributed by atoms with van der Waals surface area (Å²) in [7, 11) is -0.459. The molecule has 0 N–H and O–H groups in total. The second-order valence-electron chi connectivity index (χ2n) is 12.5. The van der Waals surface area contributed by atoms with E-state index >= 15 is 0 Å². The van der Waals surface area contributed by atoms with Crippen LogP contribution in [-0.4, -0.2) is 18.3 Å². The van der Waals surface area contributed by atoms with E-state index in [4.69, 9.17) is 13.7 Å². The van der Waals surface area contributed by atoms with E-state index in [2.05, 4.69) is 118 Å². The summed E-state index contributed by atoms with van der Waals surface area (Å²) in [5, 5.41) is 2.12. The van der Waals surface area contributed by atoms with Crippen LogP contribution in [0.1, 0.15) is 39.2 Å². The Hall–Kier alpha value is -3.78. The van der Waals surface area contributed by atoms with Crippen LogP contribution in [0.3, 0.4) is 0 Å². The maximum absolute atomic E-state index is 6.45. The average molecular weight is 522 g/mol. The summed E-state index contributed by atoms with van der Waals surface area (Å²) in [5.41, 5.74) is 7.18. The second-order valence-corrected chi connectivity index (χ2v) is 12.5. The molecule has 1 fully saturated rings. The molecule has 5 aliphatic rings. The molecule has 4 heteroatoms. The summed E-state index contributed by atoms with van der Waals surface area (Å²) >= 11 is 0. The van der Waals surface area contributed by atoms with E-state index in [1.54, 1.807) is 0 Å². The van der Waals surface area contributed by atoms with Gasteiger partial charge in [-0.25, -0.2) is 0 Å². The van der Waals surface area contributed by atoms with Gasteiger partial charge in [-0.1, -0.05) is 84.7 Å². The third-order valence-electron chi connectivity index (χ3n) is 9.69. The Morgan fingerprint density at radius 2 is 1.55 bits per heavy atom. The number of rotatable bonds is 2. The van der Waals surface area contributed by atoms with Gasteiger partial charge in [0.25, 0.3) is 0 Å². The Labute approximate surface area is 235 Å². The van der Waals surface area contributed by atoms with Gasteiger partial charge in [0.2, 0.25) is 0 Å². The van der Waals surface area contributed by atoms with Gasteiger partial charge in [0.05, 0.1) is 17.1 Å². The number of hydrogen-bond donors (Lipinski definition) is 0. The predicted molar refractivity (Wildman–Crippen MR) is 162 cm³/mol. The van der Waals surface area contributed by atoms with E-state index in [1.807, 2.05) is 12.1 Å². The van der Waals surface area contributed by atoms with Gasteiger partial charge in [-0.2, -0.15) is 0 Å². The molecule has 4 atom stereocenters. The standard InChI is InChI=1S/C36H31BO3/c1-35(2)36(3,4)40-37(39-35)29-9-6-10-31-34(29)28-21-27(19-20-30(28)38-31)22-11-13-25-17-15-23-7-5-8-24-16-18-26(14-12-22)33(25)32(23)24/h5-11,13,15-22,26,32-33H,1-4H3/b13-11-. The molecule has 4 aliphatic carbocycles. The van der Waals surface area contributed by atoms with E-state index in [-0.39, 0.29) is 11.8 Å². The van der Waals surface area contributed by atoms with E-state index in [1.165, 1.54) is 16.7 Å². The number of fused-ring (bicyclic) bond motifs is 3. The fraction of sp³-hybridized carbons (Fsp3) is 0.278. The first kappa shape index (κ1) is 24.1. The van der Waals surface area contributed by atoms with Crippen molar-refractivity contribution in [3.63, 3.8) is 0 Å². The van der Waals surface area contributed by atoms with Gasteiger partial charge in [0, 0.05) is 28.5 Å². The first-order valence-corrected chi connectivity index (χ1v) is 14.3. The van der Waals surface area contributed by atoms with Crippen LogP contribution in [0.25, 0.3) is 21.9 Å². The third-order valence-corrected chi connectivity index (χ3v) is 9.69. The van der Waals surface area contributed by atoms with Crippen molar-refractivity contribution in [3.05, 3.63) is 113 Å². The van der Waals surface area contributed by atoms with Crippen molar-refractivity contribution < 1.29 is 13.7 Å². The molecule has 0 amide bonds. The summed E-state index contributed by atoms with van der Waals surface area (Å²) in [5.74, 6) is 8.26. The van der Waals surface area contributed by atoms with Crippen LogP contribution in [0.4, 0.5) is 0 Å². The zero-order chi connectivity index (χ0) is 27.2. The summed E-state index contributed by atoms with van der Waals surface area (Å²) < 4.78 is 19.2. The molecule has 3 nitrogen and oxygen atoms in total. The maximum atomic E-state index is 6.45. The Bertz CT molecular complexity index is 1830. The van der Waals surface area contributed by atoms with Gasteiger partial charge in [0.1, 0.15) is 11.2 Å². The van der Waals surface area contributed by atoms with Crippen molar-refractivity contribution in [2.75, 3.05) is 0 Å². The number of benzene rings is 2. The van der Waals surface area contributed by atoms with E-state index < -0.39 is 18.3 Å². The molecule has 1 aromatic heterocycles. The molecular weight excluding hydrogens is 491 g/mol. The largest absolute Gasteiger partial charge is 0.495 e. The van der Waals surface area contributed by atoms with Gasteiger partial charge in [-0.15, -0.1) is 0 Å². The van der Waals surface area contributed by atoms with Gasteiger partial charge >= 0.3 is 7.12 Å². The topological polar surface area (TPSA) is 31.6 Å². The molecule has 40 heavy (non-hydrogen) atoms. The van der Waals surface area contributed by atoms with Crippen LogP contribution >= 0.6 is 0 Å². The summed E-state index contributed by atoms with van der Waals surface area (Å²) in [6.45, 7) is 8.35. The molecule has 0 radical (unpaired) electrons. The van der Waals surface area contributed by atoms with Gasteiger partial charge in [-0.3, -0.25) is 0 Å². The Balaban J connectivity index is 1.22. The van der Waals surface area contributed by atoms with Crippen LogP contribution in [-0.2, 0) is 9.31 Å². The first-order chi connectivity index (χ1) is 19.3. The highest BCUT2D eigenvalue weighted by Crippen LogP contribution is 2.48. The molecule has 0 saturated carbocycles. The number of hydrogen-bond acceptors (Lipinski definition) is 3. The van der Waals surface area contributed by atoms with Crippen molar-refractivity contribution in [2.45, 2.75) is 44.8 Å². The van der Waals surface area contributed by atoms with E-state index in [9.17, 15) is 0 Å². The number of allylic oxidation sites excluding steroid dienone is 12. The minimum Gasteiger partial charge on any atom is -0.456 e. The Kier molecular flexibility index (Phi) is 5.03. The minimum absolute atomic E-state index is 0.0119. The molecule has 1 saturated heterocycles. The molecule has 1 aliphatic heterocycles. The quantitative estimate of drug-likeness (QED) is 0.261. The van der Waals surface area contributed by atoms with E-state index in [0.29, 0.717) is 11.8 Å². The average Bonchev–Trinajstić information content (AvgIpc) is 3.41. The molecule has 0 bridgehead atoms. The monoisotopic (exact) mass is 522 g/mol. The highest BCUT2D eigenvalue weighted by Gasteiger charge is 2.52. The molecule has 2 heterocycles. The van der Waals surface area contributed by atoms with Crippen LogP contribution in [0, 0.1) is 29.6 Å². The van der Waals surface area contributed by atoms with Crippen molar-refractivity contribution in [2.24, 2.45) is 17.8 Å². The minimum atomic E-state index is -0.459.